The molecule has 0 amide bonds. The summed E-state index contributed by atoms with van der Waals surface area (Å²) < 4.78 is 0. The predicted molar refractivity (Wildman–Crippen MR) is 130 cm³/mol. The van der Waals surface area contributed by atoms with Crippen molar-refractivity contribution < 1.29 is 13.1 Å². The molecule has 2 aliphatic carbocycles. The number of nitrogens with zero attached hydrogens (tertiary/aromatic N) is 3. The molecular formula is C24H42Cl2FeN3. The molecule has 3 aliphatic rings. The van der Waals surface area contributed by atoms with Gasteiger partial charge in [0.05, 0.1) is 6.04 Å². The molecule has 4 atom stereocenters. The number of piperidine rings is 1. The van der Waals surface area contributed by atoms with E-state index in [1.165, 1.54) is 88.5 Å². The Labute approximate surface area is 200 Å². The summed E-state index contributed by atoms with van der Waals surface area (Å²) in [6.45, 7) is 9.19. The molecule has 0 aromatic heterocycles. The Morgan fingerprint density at radius 1 is 0.767 bits per heavy atom. The van der Waals surface area contributed by atoms with Crippen molar-refractivity contribution in [1.29, 1.82) is 0 Å². The van der Waals surface area contributed by atoms with Gasteiger partial charge >= 0.3 is 33.3 Å². The quantitative estimate of drug-likeness (QED) is 0.262. The van der Waals surface area contributed by atoms with E-state index in [1.54, 1.807) is 0 Å². The Kier molecular flexibility index (Phi) is 12.9. The van der Waals surface area contributed by atoms with Crippen LogP contribution >= 0.6 is 20.2 Å². The van der Waals surface area contributed by atoms with Gasteiger partial charge in [0.15, 0.2) is 0 Å². The van der Waals surface area contributed by atoms with Crippen molar-refractivity contribution in [1.82, 2.24) is 0 Å². The normalized spacial score (nSPS) is 33.9. The standard InChI is InChI=1S/C24H42N3.2ClH.Fe/c1-5-19-11-9-12-20(6-2)24(19)26-18(4)23-16-10-15-22(27-23)17(3)25-21-13-7-8-14-21;;;/h19-24H,5-16H2,1-4H3;2*1H;/q-1;;;+3/p-2. The van der Waals surface area contributed by atoms with E-state index in [4.69, 9.17) is 35.5 Å². The van der Waals surface area contributed by atoms with Crippen molar-refractivity contribution in [2.24, 2.45) is 21.8 Å². The average molecular weight is 499 g/mol. The van der Waals surface area contributed by atoms with Crippen LogP contribution in [0.2, 0.25) is 0 Å². The molecular weight excluding hydrogens is 457 g/mol. The Morgan fingerprint density at radius 2 is 1.23 bits per heavy atom. The number of hydrogen-bond donors (Lipinski definition) is 0. The molecule has 6 heteroatoms. The van der Waals surface area contributed by atoms with E-state index in [9.17, 15) is 0 Å². The number of rotatable bonds is 6. The van der Waals surface area contributed by atoms with E-state index < -0.39 is 0 Å². The molecule has 1 heterocycles. The molecule has 0 N–H and O–H groups in total. The fourth-order valence-corrected chi connectivity index (χ4v) is 5.70. The van der Waals surface area contributed by atoms with E-state index in [-0.39, 0.29) is 13.1 Å². The predicted octanol–water partition coefficient (Wildman–Crippen LogP) is 8.13. The topological polar surface area (TPSA) is 38.8 Å². The average Bonchev–Trinajstić information content (AvgIpc) is 3.27. The number of aliphatic imine (C=N–C) groups is 2. The van der Waals surface area contributed by atoms with Crippen LogP contribution in [0.1, 0.15) is 105 Å². The maximum atomic E-state index is 5.34. The molecule has 4 unspecified atom stereocenters. The molecule has 2 saturated carbocycles. The Hall–Kier alpha value is 0.399. The zero-order valence-corrected chi connectivity index (χ0v) is 22.0. The summed E-state index contributed by atoms with van der Waals surface area (Å²) in [5.74, 6) is 1.56. The summed E-state index contributed by atoms with van der Waals surface area (Å²) in [5.41, 5.74) is 2.59. The maximum absolute atomic E-state index is 5.34. The van der Waals surface area contributed by atoms with Crippen LogP contribution in [0.15, 0.2) is 9.98 Å². The second kappa shape index (κ2) is 14.5. The van der Waals surface area contributed by atoms with Crippen LogP contribution in [0.3, 0.4) is 0 Å². The second-order valence-corrected chi connectivity index (χ2v) is 11.2. The molecule has 1 aliphatic heterocycles. The molecule has 175 valence electrons. The van der Waals surface area contributed by atoms with Crippen molar-refractivity contribution in [3.05, 3.63) is 5.32 Å². The number of halogens is 2. The van der Waals surface area contributed by atoms with Gasteiger partial charge in [-0.1, -0.05) is 77.3 Å². The minimum atomic E-state index is 0.194. The minimum absolute atomic E-state index is 0.194. The molecule has 3 fully saturated rings. The third kappa shape index (κ3) is 8.07. The van der Waals surface area contributed by atoms with Gasteiger partial charge in [-0.15, -0.1) is 0 Å². The van der Waals surface area contributed by atoms with E-state index in [0.717, 1.165) is 11.8 Å². The van der Waals surface area contributed by atoms with Gasteiger partial charge in [0.2, 0.25) is 0 Å². The summed E-state index contributed by atoms with van der Waals surface area (Å²) in [5, 5.41) is 5.23. The van der Waals surface area contributed by atoms with E-state index in [2.05, 4.69) is 27.7 Å². The van der Waals surface area contributed by atoms with Gasteiger partial charge in [-0.05, 0) is 62.8 Å². The fourth-order valence-electron chi connectivity index (χ4n) is 5.70. The van der Waals surface area contributed by atoms with Crippen molar-refractivity contribution in [2.45, 2.75) is 129 Å². The molecule has 30 heavy (non-hydrogen) atoms. The first-order valence-electron chi connectivity index (χ1n) is 12.2. The van der Waals surface area contributed by atoms with E-state index >= 15 is 0 Å². The molecule has 3 nitrogen and oxygen atoms in total. The zero-order valence-electron chi connectivity index (χ0n) is 19.4. The Bertz CT molecular complexity index is 537. The van der Waals surface area contributed by atoms with Crippen molar-refractivity contribution in [3.8, 4) is 0 Å². The zero-order chi connectivity index (χ0) is 21.9. The van der Waals surface area contributed by atoms with E-state index in [0.29, 0.717) is 24.2 Å². The van der Waals surface area contributed by atoms with Crippen molar-refractivity contribution in [2.75, 3.05) is 0 Å². The summed E-state index contributed by atoms with van der Waals surface area (Å²) in [6.07, 6.45) is 15.6. The van der Waals surface area contributed by atoms with Crippen LogP contribution in [-0.2, 0) is 13.1 Å². The van der Waals surface area contributed by atoms with Gasteiger partial charge < -0.3 is 5.32 Å². The summed E-state index contributed by atoms with van der Waals surface area (Å²) >= 11 is 0.194. The number of hydrogen-bond acceptors (Lipinski definition) is 2. The third-order valence-electron chi connectivity index (χ3n) is 7.51. The monoisotopic (exact) mass is 498 g/mol. The van der Waals surface area contributed by atoms with Crippen LogP contribution in [0.4, 0.5) is 0 Å². The molecule has 0 aromatic carbocycles. The van der Waals surface area contributed by atoms with Crippen LogP contribution in [-0.4, -0.2) is 35.6 Å². The molecule has 0 bridgehead atoms. The first-order chi connectivity index (χ1) is 14.5. The van der Waals surface area contributed by atoms with Crippen molar-refractivity contribution >= 4 is 31.6 Å². The summed E-state index contributed by atoms with van der Waals surface area (Å²) in [7, 11) is 9.53. The van der Waals surface area contributed by atoms with Gasteiger partial charge in [0.1, 0.15) is 0 Å². The molecule has 1 saturated heterocycles. The SMILES string of the molecule is CCC1CCCC(CC)C1N=C(C)C1CCCC(C(C)=NC2CCCC2)[N-]1.[Cl][Fe+][Cl]. The van der Waals surface area contributed by atoms with Gasteiger partial charge in [-0.2, -0.15) is 0 Å². The fraction of sp³-hybridized carbons (Fsp3) is 0.917. The van der Waals surface area contributed by atoms with Crippen LogP contribution in [0.25, 0.3) is 5.32 Å². The Balaban J connectivity index is 0.00000101. The molecule has 0 aromatic rings. The second-order valence-electron chi connectivity index (χ2n) is 9.40. The third-order valence-corrected chi connectivity index (χ3v) is 7.51. The molecule has 0 radical (unpaired) electrons. The van der Waals surface area contributed by atoms with Gasteiger partial charge in [-0.25, -0.2) is 0 Å². The van der Waals surface area contributed by atoms with Gasteiger partial charge in [0, 0.05) is 6.04 Å². The van der Waals surface area contributed by atoms with Crippen LogP contribution in [0, 0.1) is 11.8 Å². The molecule has 3 rings (SSSR count). The van der Waals surface area contributed by atoms with Crippen molar-refractivity contribution in [3.63, 3.8) is 0 Å². The Morgan fingerprint density at radius 3 is 1.73 bits per heavy atom. The first-order valence-corrected chi connectivity index (χ1v) is 15.2. The summed E-state index contributed by atoms with van der Waals surface area (Å²) in [4.78, 5) is 10.4. The van der Waals surface area contributed by atoms with Crippen LogP contribution in [0.5, 0.6) is 0 Å². The first kappa shape index (κ1) is 26.7. The molecule has 0 spiro atoms. The van der Waals surface area contributed by atoms with E-state index in [1.807, 2.05) is 0 Å². The summed E-state index contributed by atoms with van der Waals surface area (Å²) in [6, 6.07) is 1.78. The van der Waals surface area contributed by atoms with Gasteiger partial charge in [-0.3, -0.25) is 9.98 Å². The van der Waals surface area contributed by atoms with Crippen LogP contribution < -0.4 is 0 Å². The van der Waals surface area contributed by atoms with Gasteiger partial charge in [0.25, 0.3) is 0 Å².